The van der Waals surface area contributed by atoms with Crippen LogP contribution in [0.15, 0.2) is 125 Å². The Balaban J connectivity index is 2.60. The molecule has 2 nitrogen and oxygen atoms in total. The Hall–Kier alpha value is -3.75. The molecule has 1 aromatic rings. The lowest BCUT2D eigenvalue weighted by atomic mass is 9.98. The summed E-state index contributed by atoms with van der Waals surface area (Å²) in [5.41, 5.74) is 10.5. The Morgan fingerprint density at radius 3 is 1.65 bits per heavy atom. The Labute approximate surface area is 263 Å². The maximum absolute atomic E-state index is 12.3. The second kappa shape index (κ2) is 19.4. The minimum atomic E-state index is -0.274. The standard InChI is InChI=1S/C41H54O2/c1-31(19-14-21-33(3)23-16-24-36(6)40(42)29-30-41(9,10)43-11)17-12-13-18-32(2)20-15-22-34(4)25-27-39-28-26-35(5)37(7)38(39)8/h12-28H,29-30H2,1-11H3/b13-12+,19-14+,20-15+,23-16+,27-25+,31-17+,32-18+,33-21+,34-22-,36-24+. The normalized spacial score (nSPS) is 15.0. The molecule has 0 spiro atoms. The summed E-state index contributed by atoms with van der Waals surface area (Å²) in [6, 6.07) is 4.38. The molecule has 0 amide bonds. The van der Waals surface area contributed by atoms with Crippen molar-refractivity contribution >= 4 is 11.9 Å². The van der Waals surface area contributed by atoms with Crippen molar-refractivity contribution in [2.45, 2.75) is 87.7 Å². The Kier molecular flexibility index (Phi) is 16.9. The third-order valence-electron chi connectivity index (χ3n) is 7.54. The van der Waals surface area contributed by atoms with E-state index >= 15 is 0 Å². The van der Waals surface area contributed by atoms with Gasteiger partial charge in [-0.05, 0) is 103 Å². The minimum absolute atomic E-state index is 0.158. The van der Waals surface area contributed by atoms with Gasteiger partial charge in [0.15, 0.2) is 5.78 Å². The molecular weight excluding hydrogens is 524 g/mol. The molecule has 2 heteroatoms. The molecule has 0 radical (unpaired) electrons. The summed E-state index contributed by atoms with van der Waals surface area (Å²) in [4.78, 5) is 12.3. The SMILES string of the molecule is COC(C)(C)CCC(=O)/C(C)=C/C=C/C(C)=C/C=C/C(C)=C/C=C/C=C(C)/C=C/C=C(C)\C=C\c1ccc(C)c(C)c1C. The zero-order valence-electron chi connectivity index (χ0n) is 28.5. The second-order valence-corrected chi connectivity index (χ2v) is 11.9. The van der Waals surface area contributed by atoms with E-state index in [9.17, 15) is 4.79 Å². The highest BCUT2D eigenvalue weighted by molar-refractivity contribution is 5.95. The molecule has 0 atom stereocenters. The fourth-order valence-electron chi connectivity index (χ4n) is 3.87. The summed E-state index contributed by atoms with van der Waals surface area (Å²) in [6.07, 6.45) is 32.2. The molecule has 0 aliphatic rings. The van der Waals surface area contributed by atoms with Gasteiger partial charge in [-0.2, -0.15) is 0 Å². The second-order valence-electron chi connectivity index (χ2n) is 11.9. The van der Waals surface area contributed by atoms with Crippen LogP contribution in [0.5, 0.6) is 0 Å². The molecule has 0 fully saturated rings. The molecule has 230 valence electrons. The molecule has 0 aliphatic heterocycles. The fraction of sp³-hybridized carbons (Fsp3) is 0.341. The lowest BCUT2D eigenvalue weighted by Gasteiger charge is -2.22. The average molecular weight is 579 g/mol. The number of methoxy groups -OCH3 is 1. The van der Waals surface area contributed by atoms with Crippen LogP contribution in [0.25, 0.3) is 6.08 Å². The molecular formula is C41H54O2. The molecule has 1 aromatic carbocycles. The molecule has 0 unspecified atom stereocenters. The predicted molar refractivity (Wildman–Crippen MR) is 190 cm³/mol. The number of benzene rings is 1. The van der Waals surface area contributed by atoms with E-state index in [1.807, 2.05) is 52.0 Å². The van der Waals surface area contributed by atoms with Gasteiger partial charge in [0.05, 0.1) is 5.60 Å². The van der Waals surface area contributed by atoms with E-state index in [1.54, 1.807) is 7.11 Å². The summed E-state index contributed by atoms with van der Waals surface area (Å²) < 4.78 is 5.40. The van der Waals surface area contributed by atoms with Crippen molar-refractivity contribution in [3.8, 4) is 0 Å². The van der Waals surface area contributed by atoms with Crippen LogP contribution >= 0.6 is 0 Å². The third-order valence-corrected chi connectivity index (χ3v) is 7.54. The molecule has 0 saturated carbocycles. The maximum atomic E-state index is 12.3. The lowest BCUT2D eigenvalue weighted by molar-refractivity contribution is -0.116. The molecule has 43 heavy (non-hydrogen) atoms. The molecule has 0 bridgehead atoms. The van der Waals surface area contributed by atoms with Crippen LogP contribution in [0.4, 0.5) is 0 Å². The van der Waals surface area contributed by atoms with Gasteiger partial charge in [-0.25, -0.2) is 0 Å². The van der Waals surface area contributed by atoms with Gasteiger partial charge in [0.25, 0.3) is 0 Å². The summed E-state index contributed by atoms with van der Waals surface area (Å²) in [7, 11) is 1.68. The van der Waals surface area contributed by atoms with Crippen LogP contribution < -0.4 is 0 Å². The van der Waals surface area contributed by atoms with Crippen LogP contribution in [0.3, 0.4) is 0 Å². The van der Waals surface area contributed by atoms with Crippen molar-refractivity contribution in [2.24, 2.45) is 0 Å². The van der Waals surface area contributed by atoms with Crippen LogP contribution in [-0.4, -0.2) is 18.5 Å². The summed E-state index contributed by atoms with van der Waals surface area (Å²) >= 11 is 0. The van der Waals surface area contributed by atoms with Crippen molar-refractivity contribution in [1.29, 1.82) is 0 Å². The van der Waals surface area contributed by atoms with Gasteiger partial charge in [-0.1, -0.05) is 126 Å². The summed E-state index contributed by atoms with van der Waals surface area (Å²) in [6.45, 7) is 20.8. The number of ketones is 1. The summed E-state index contributed by atoms with van der Waals surface area (Å²) in [5.74, 6) is 0.158. The lowest BCUT2D eigenvalue weighted by Crippen LogP contribution is -2.23. The molecule has 0 aromatic heterocycles. The molecule has 0 heterocycles. The highest BCUT2D eigenvalue weighted by Crippen LogP contribution is 2.19. The Bertz CT molecular complexity index is 1390. The zero-order valence-corrected chi connectivity index (χ0v) is 28.5. The number of rotatable bonds is 15. The Morgan fingerprint density at radius 1 is 0.674 bits per heavy atom. The highest BCUT2D eigenvalue weighted by Gasteiger charge is 2.18. The van der Waals surface area contributed by atoms with E-state index in [0.29, 0.717) is 12.8 Å². The largest absolute Gasteiger partial charge is 0.379 e. The first-order chi connectivity index (χ1) is 20.3. The van der Waals surface area contributed by atoms with E-state index in [1.165, 1.54) is 33.4 Å². The van der Waals surface area contributed by atoms with Crippen molar-refractivity contribution in [1.82, 2.24) is 0 Å². The topological polar surface area (TPSA) is 26.3 Å². The van der Waals surface area contributed by atoms with Crippen LogP contribution in [0, 0.1) is 20.8 Å². The van der Waals surface area contributed by atoms with Crippen LogP contribution in [0.2, 0.25) is 0 Å². The van der Waals surface area contributed by atoms with Gasteiger partial charge in [0.2, 0.25) is 0 Å². The number of ether oxygens (including phenoxy) is 1. The first kappa shape index (κ1) is 37.3. The number of Topliss-reactive ketones (excluding diaryl/α,β-unsaturated/α-hetero) is 1. The van der Waals surface area contributed by atoms with Crippen molar-refractivity contribution in [2.75, 3.05) is 7.11 Å². The van der Waals surface area contributed by atoms with Gasteiger partial charge in [0.1, 0.15) is 0 Å². The maximum Gasteiger partial charge on any atom is 0.158 e. The first-order valence-electron chi connectivity index (χ1n) is 15.2. The van der Waals surface area contributed by atoms with E-state index in [-0.39, 0.29) is 11.4 Å². The number of carbonyl (C=O) groups is 1. The van der Waals surface area contributed by atoms with Crippen molar-refractivity contribution in [3.05, 3.63) is 147 Å². The number of hydrogen-bond acceptors (Lipinski definition) is 2. The van der Waals surface area contributed by atoms with Gasteiger partial charge in [-0.3, -0.25) is 4.79 Å². The van der Waals surface area contributed by atoms with E-state index in [0.717, 1.165) is 16.7 Å². The van der Waals surface area contributed by atoms with Gasteiger partial charge < -0.3 is 4.74 Å². The number of carbonyl (C=O) groups excluding carboxylic acids is 1. The fourth-order valence-corrected chi connectivity index (χ4v) is 3.87. The quantitative estimate of drug-likeness (QED) is 0.153. The van der Waals surface area contributed by atoms with E-state index < -0.39 is 0 Å². The van der Waals surface area contributed by atoms with Gasteiger partial charge in [-0.15, -0.1) is 0 Å². The van der Waals surface area contributed by atoms with Gasteiger partial charge in [0, 0.05) is 13.5 Å². The predicted octanol–water partition coefficient (Wildman–Crippen LogP) is 11.4. The van der Waals surface area contributed by atoms with Crippen molar-refractivity contribution < 1.29 is 9.53 Å². The molecule has 0 aliphatic carbocycles. The monoisotopic (exact) mass is 578 g/mol. The van der Waals surface area contributed by atoms with Crippen molar-refractivity contribution in [3.63, 3.8) is 0 Å². The van der Waals surface area contributed by atoms with E-state index in [2.05, 4.69) is 121 Å². The van der Waals surface area contributed by atoms with Gasteiger partial charge >= 0.3 is 0 Å². The number of aryl methyl sites for hydroxylation is 1. The molecule has 1 rings (SSSR count). The highest BCUT2D eigenvalue weighted by atomic mass is 16.5. The number of allylic oxidation sites excluding steroid dienone is 19. The summed E-state index contributed by atoms with van der Waals surface area (Å²) in [5, 5.41) is 0. The third kappa shape index (κ3) is 15.9. The molecule has 0 N–H and O–H groups in total. The number of hydrogen-bond donors (Lipinski definition) is 0. The zero-order chi connectivity index (χ0) is 32.4. The first-order valence-corrected chi connectivity index (χ1v) is 15.2. The molecule has 0 saturated heterocycles. The smallest absolute Gasteiger partial charge is 0.158 e. The minimum Gasteiger partial charge on any atom is -0.379 e. The van der Waals surface area contributed by atoms with Crippen LogP contribution in [-0.2, 0) is 9.53 Å². The average Bonchev–Trinajstić information content (AvgIpc) is 2.96. The Morgan fingerprint density at radius 2 is 1.14 bits per heavy atom. The van der Waals surface area contributed by atoms with Crippen LogP contribution in [0.1, 0.15) is 83.6 Å². The van der Waals surface area contributed by atoms with E-state index in [4.69, 9.17) is 4.74 Å².